The molecule has 0 unspecified atom stereocenters. The number of alkyl halides is 5. The van der Waals surface area contributed by atoms with Gasteiger partial charge in [-0.2, -0.15) is 22.0 Å². The van der Waals surface area contributed by atoms with Crippen LogP contribution >= 0.6 is 0 Å². The number of nitrogens with one attached hydrogen (secondary N) is 1. The highest BCUT2D eigenvalue weighted by Gasteiger charge is 2.28. The van der Waals surface area contributed by atoms with Gasteiger partial charge in [-0.25, -0.2) is 15.0 Å². The minimum Gasteiger partial charge on any atom is -0.435 e. The maximum absolute atomic E-state index is 12.7. The predicted octanol–water partition coefficient (Wildman–Crippen LogP) is 5.11. The number of hydrogen-bond donors (Lipinski definition) is 1. The van der Waals surface area contributed by atoms with Gasteiger partial charge in [-0.3, -0.25) is 0 Å². The maximum Gasteiger partial charge on any atom is 0.405 e. The van der Waals surface area contributed by atoms with E-state index in [1.807, 2.05) is 40.0 Å². The molecular weight excluding hydrogens is 471 g/mol. The molecule has 4 heterocycles. The van der Waals surface area contributed by atoms with Crippen LogP contribution in [-0.2, 0) is 6.54 Å². The zero-order valence-electron chi connectivity index (χ0n) is 17.9. The lowest BCUT2D eigenvalue weighted by molar-refractivity contribution is -0.115. The lowest BCUT2D eigenvalue weighted by Gasteiger charge is -2.28. The molecule has 12 heteroatoms. The van der Waals surface area contributed by atoms with Crippen LogP contribution in [0.3, 0.4) is 0 Å². The smallest absolute Gasteiger partial charge is 0.405 e. The van der Waals surface area contributed by atoms with E-state index in [1.165, 1.54) is 18.3 Å². The first-order valence-corrected chi connectivity index (χ1v) is 10.4. The van der Waals surface area contributed by atoms with Gasteiger partial charge in [-0.1, -0.05) is 12.1 Å². The highest BCUT2D eigenvalue weighted by molar-refractivity contribution is 5.83. The Morgan fingerprint density at radius 2 is 1.86 bits per heavy atom. The van der Waals surface area contributed by atoms with E-state index in [0.29, 0.717) is 28.9 Å². The van der Waals surface area contributed by atoms with Crippen LogP contribution in [0.4, 0.5) is 33.6 Å². The molecule has 0 fully saturated rings. The summed E-state index contributed by atoms with van der Waals surface area (Å²) in [5.74, 6) is -0.184. The second kappa shape index (κ2) is 8.85. The van der Waals surface area contributed by atoms with Crippen molar-refractivity contribution in [3.63, 3.8) is 0 Å². The molecule has 1 aliphatic rings. The van der Waals surface area contributed by atoms with Gasteiger partial charge in [0.05, 0.1) is 17.9 Å². The second-order valence-electron chi connectivity index (χ2n) is 7.69. The monoisotopic (exact) mass is 488 g/mol. The van der Waals surface area contributed by atoms with Crippen LogP contribution < -0.4 is 15.0 Å². The fourth-order valence-electron chi connectivity index (χ4n) is 3.74. The number of pyridine rings is 1. The van der Waals surface area contributed by atoms with Crippen molar-refractivity contribution in [3.05, 3.63) is 84.2 Å². The molecule has 0 amide bonds. The van der Waals surface area contributed by atoms with Crippen molar-refractivity contribution >= 4 is 22.9 Å². The topological polar surface area (TPSA) is 67.6 Å². The van der Waals surface area contributed by atoms with Gasteiger partial charge >= 0.3 is 12.8 Å². The van der Waals surface area contributed by atoms with Gasteiger partial charge in [0.2, 0.25) is 5.95 Å². The summed E-state index contributed by atoms with van der Waals surface area (Å²) in [5.41, 5.74) is 3.91. The summed E-state index contributed by atoms with van der Waals surface area (Å²) in [7, 11) is 0. The van der Waals surface area contributed by atoms with Crippen molar-refractivity contribution in [3.8, 4) is 5.75 Å². The molecule has 0 aliphatic carbocycles. The Hall–Kier alpha value is -4.22. The second-order valence-corrected chi connectivity index (χ2v) is 7.69. The molecule has 0 spiro atoms. The molecule has 1 aliphatic heterocycles. The summed E-state index contributed by atoms with van der Waals surface area (Å²) in [6.07, 6.45) is 4.24. The number of aromatic nitrogens is 4. The minimum atomic E-state index is -4.43. The summed E-state index contributed by atoms with van der Waals surface area (Å²) in [6.45, 7) is -3.87. The fraction of sp³-hybridized carbons (Fsp3) is 0.174. The van der Waals surface area contributed by atoms with Crippen LogP contribution in [0.15, 0.2) is 67.4 Å². The van der Waals surface area contributed by atoms with Crippen LogP contribution in [-0.4, -0.2) is 38.7 Å². The minimum absolute atomic E-state index is 0.0157. The molecule has 1 N–H and O–H groups in total. The van der Waals surface area contributed by atoms with Gasteiger partial charge in [0.25, 0.3) is 0 Å². The third kappa shape index (κ3) is 5.00. The third-order valence-corrected chi connectivity index (χ3v) is 5.29. The largest absolute Gasteiger partial charge is 0.435 e. The predicted molar refractivity (Wildman–Crippen MR) is 118 cm³/mol. The molecule has 4 aromatic rings. The summed E-state index contributed by atoms with van der Waals surface area (Å²) in [4.78, 5) is 14.5. The van der Waals surface area contributed by atoms with Gasteiger partial charge in [-0.15, -0.1) is 0 Å². The van der Waals surface area contributed by atoms with Crippen LogP contribution in [0, 0.1) is 0 Å². The average Bonchev–Trinajstić information content (AvgIpc) is 3.30. The Labute approximate surface area is 195 Å². The Morgan fingerprint density at radius 1 is 1.06 bits per heavy atom. The van der Waals surface area contributed by atoms with E-state index in [0.717, 1.165) is 11.3 Å². The molecule has 180 valence electrons. The molecule has 0 radical (unpaired) electrons. The van der Waals surface area contributed by atoms with Crippen LogP contribution in [0.5, 0.6) is 5.75 Å². The first-order chi connectivity index (χ1) is 16.7. The fourth-order valence-corrected chi connectivity index (χ4v) is 3.74. The van der Waals surface area contributed by atoms with Crippen molar-refractivity contribution in [2.75, 3.05) is 16.8 Å². The first-order valence-electron chi connectivity index (χ1n) is 10.4. The summed E-state index contributed by atoms with van der Waals surface area (Å²) < 4.78 is 69.4. The zero-order valence-corrected chi connectivity index (χ0v) is 17.9. The van der Waals surface area contributed by atoms with Gasteiger partial charge in [-0.05, 0) is 29.8 Å². The van der Waals surface area contributed by atoms with Crippen molar-refractivity contribution < 1.29 is 26.7 Å². The Kier molecular flexibility index (Phi) is 5.71. The number of fused-ring (bicyclic) bond motifs is 2. The molecule has 1 aromatic carbocycles. The summed E-state index contributed by atoms with van der Waals surface area (Å²) in [5, 5.41) is 2.20. The van der Waals surface area contributed by atoms with E-state index in [9.17, 15) is 22.0 Å². The number of hydrogen-bond acceptors (Lipinski definition) is 6. The van der Waals surface area contributed by atoms with Crippen molar-refractivity contribution in [2.24, 2.45) is 0 Å². The number of halogens is 5. The highest BCUT2D eigenvalue weighted by atomic mass is 19.4. The van der Waals surface area contributed by atoms with Crippen molar-refractivity contribution in [1.29, 1.82) is 0 Å². The Morgan fingerprint density at radius 3 is 2.60 bits per heavy atom. The SMILES string of the molecule is FC(F)Oc1ccc(C2=CN(c3ccc4nccn4c3)Cc3cnc(NCC(F)(F)F)nc32)cc1. The van der Waals surface area contributed by atoms with Crippen molar-refractivity contribution in [1.82, 2.24) is 19.4 Å². The maximum atomic E-state index is 12.7. The molecule has 3 aromatic heterocycles. The van der Waals surface area contributed by atoms with Crippen LogP contribution in [0.1, 0.15) is 16.8 Å². The number of ether oxygens (including phenoxy) is 1. The summed E-state index contributed by atoms with van der Waals surface area (Å²) in [6, 6.07) is 9.70. The number of rotatable bonds is 6. The van der Waals surface area contributed by atoms with Crippen LogP contribution in [0.25, 0.3) is 11.2 Å². The van der Waals surface area contributed by atoms with E-state index in [-0.39, 0.29) is 11.7 Å². The third-order valence-electron chi connectivity index (χ3n) is 5.29. The van der Waals surface area contributed by atoms with Gasteiger partial charge in [0.1, 0.15) is 17.9 Å². The average molecular weight is 488 g/mol. The van der Waals surface area contributed by atoms with E-state index >= 15 is 0 Å². The zero-order chi connectivity index (χ0) is 24.6. The lowest BCUT2D eigenvalue weighted by atomic mass is 9.97. The van der Waals surface area contributed by atoms with Crippen molar-refractivity contribution in [2.45, 2.75) is 19.3 Å². The number of imidazole rings is 1. The lowest BCUT2D eigenvalue weighted by Crippen LogP contribution is -2.25. The number of nitrogens with zero attached hydrogens (tertiary/aromatic N) is 5. The van der Waals surface area contributed by atoms with Gasteiger partial charge in [0.15, 0.2) is 0 Å². The van der Waals surface area contributed by atoms with Gasteiger partial charge < -0.3 is 19.4 Å². The highest BCUT2D eigenvalue weighted by Crippen LogP contribution is 2.34. The molecule has 5 rings (SSSR count). The molecule has 0 saturated heterocycles. The Balaban J connectivity index is 1.54. The molecule has 0 saturated carbocycles. The Bertz CT molecular complexity index is 1380. The van der Waals surface area contributed by atoms with Crippen LogP contribution in [0.2, 0.25) is 0 Å². The molecular formula is C23H17F5N6O. The molecule has 35 heavy (non-hydrogen) atoms. The summed E-state index contributed by atoms with van der Waals surface area (Å²) >= 11 is 0. The number of benzene rings is 1. The molecule has 7 nitrogen and oxygen atoms in total. The quantitative estimate of drug-likeness (QED) is 0.381. The van der Waals surface area contributed by atoms with Gasteiger partial charge in [0, 0.05) is 42.1 Å². The van der Waals surface area contributed by atoms with E-state index in [2.05, 4.69) is 25.0 Å². The van der Waals surface area contributed by atoms with E-state index in [1.54, 1.807) is 18.3 Å². The normalized spacial score (nSPS) is 13.7. The van der Waals surface area contributed by atoms with E-state index in [4.69, 9.17) is 0 Å². The standard InChI is InChI=1S/C23H17F5N6O/c24-21(25)35-17-4-1-14(2-5-17)18-12-34(16-3-6-19-29-7-8-33(19)11-16)10-15-9-30-22(32-20(15)18)31-13-23(26,27)28/h1-9,11-12,21H,10,13H2,(H,30,31,32). The molecule has 0 bridgehead atoms. The first kappa shape index (κ1) is 22.6. The van der Waals surface area contributed by atoms with E-state index < -0.39 is 19.3 Å². The number of anilines is 2. The molecule has 0 atom stereocenters.